The van der Waals surface area contributed by atoms with E-state index in [1.54, 1.807) is 0 Å². The Morgan fingerprint density at radius 1 is 1.31 bits per heavy atom. The Hall–Kier alpha value is -1.39. The van der Waals surface area contributed by atoms with E-state index in [1.807, 2.05) is 0 Å². The van der Waals surface area contributed by atoms with Gasteiger partial charge in [-0.1, -0.05) is 0 Å². The van der Waals surface area contributed by atoms with E-state index in [0.717, 1.165) is 4.90 Å². The Labute approximate surface area is 76.7 Å². The van der Waals surface area contributed by atoms with E-state index < -0.39 is 5.97 Å². The van der Waals surface area contributed by atoms with E-state index in [2.05, 4.69) is 4.74 Å². The number of rotatable bonds is 4. The molecular formula is C8H13NO4. The van der Waals surface area contributed by atoms with Gasteiger partial charge in [-0.15, -0.1) is 0 Å². The zero-order valence-corrected chi connectivity index (χ0v) is 7.99. The maximum Gasteiger partial charge on any atom is 0.325 e. The van der Waals surface area contributed by atoms with Crippen molar-refractivity contribution in [3.8, 4) is 0 Å². The van der Waals surface area contributed by atoms with Crippen molar-refractivity contribution < 1.29 is 19.1 Å². The molecule has 13 heavy (non-hydrogen) atoms. The summed E-state index contributed by atoms with van der Waals surface area (Å²) in [5, 5.41) is 0. The maximum atomic E-state index is 11.1. The normalized spacial score (nSPS) is 9.15. The first-order chi connectivity index (χ1) is 5.97. The molecule has 1 amide bonds. The molecule has 0 aromatic carbocycles. The van der Waals surface area contributed by atoms with Crippen molar-refractivity contribution in [3.63, 3.8) is 0 Å². The van der Waals surface area contributed by atoms with Gasteiger partial charge in [0.25, 0.3) is 0 Å². The van der Waals surface area contributed by atoms with Crippen molar-refractivity contribution >= 4 is 17.7 Å². The summed E-state index contributed by atoms with van der Waals surface area (Å²) < 4.78 is 4.36. The van der Waals surface area contributed by atoms with Crippen molar-refractivity contribution in [2.45, 2.75) is 13.3 Å². The predicted octanol–water partition coefficient (Wildman–Crippen LogP) is -0.403. The standard InChI is InChI=1S/C8H13NO4/c1-6(10)4-7(11)9(2)5-8(12)13-3/h4-5H2,1-3H3. The average Bonchev–Trinajstić information content (AvgIpc) is 2.02. The Morgan fingerprint density at radius 3 is 2.23 bits per heavy atom. The van der Waals surface area contributed by atoms with E-state index in [1.165, 1.54) is 21.1 Å². The molecule has 0 atom stereocenters. The third kappa shape index (κ3) is 4.95. The molecule has 0 aliphatic rings. The van der Waals surface area contributed by atoms with Crippen molar-refractivity contribution in [2.75, 3.05) is 20.7 Å². The van der Waals surface area contributed by atoms with Crippen LogP contribution in [-0.2, 0) is 19.1 Å². The molecule has 0 radical (unpaired) electrons. The van der Waals surface area contributed by atoms with Crippen LogP contribution in [0.5, 0.6) is 0 Å². The molecular weight excluding hydrogens is 174 g/mol. The second kappa shape index (κ2) is 5.29. The second-order valence-electron chi connectivity index (χ2n) is 2.70. The summed E-state index contributed by atoms with van der Waals surface area (Å²) in [6.07, 6.45) is -0.173. The Kier molecular flexibility index (Phi) is 4.72. The minimum atomic E-state index is -0.501. The fourth-order valence-corrected chi connectivity index (χ4v) is 0.694. The number of nitrogens with zero attached hydrogens (tertiary/aromatic N) is 1. The summed E-state index contributed by atoms with van der Waals surface area (Å²) in [6.45, 7) is 1.20. The fourth-order valence-electron chi connectivity index (χ4n) is 0.694. The van der Waals surface area contributed by atoms with E-state index >= 15 is 0 Å². The van der Waals surface area contributed by atoms with Gasteiger partial charge in [0.05, 0.1) is 13.5 Å². The van der Waals surface area contributed by atoms with Gasteiger partial charge in [-0.2, -0.15) is 0 Å². The van der Waals surface area contributed by atoms with Crippen LogP contribution in [0.3, 0.4) is 0 Å². The highest BCUT2D eigenvalue weighted by Crippen LogP contribution is 1.92. The lowest BCUT2D eigenvalue weighted by molar-refractivity contribution is -0.146. The number of Topliss-reactive ketones (excluding diaryl/α,β-unsaturated/α-hetero) is 1. The zero-order chi connectivity index (χ0) is 10.4. The lowest BCUT2D eigenvalue weighted by atomic mass is 10.3. The highest BCUT2D eigenvalue weighted by Gasteiger charge is 2.14. The minimum absolute atomic E-state index is 0.122. The number of hydrogen-bond acceptors (Lipinski definition) is 4. The summed E-state index contributed by atoms with van der Waals surface area (Å²) in [5.41, 5.74) is 0. The molecule has 0 spiro atoms. The first kappa shape index (κ1) is 11.6. The van der Waals surface area contributed by atoms with Crippen LogP contribution in [0.15, 0.2) is 0 Å². The molecule has 0 saturated heterocycles. The predicted molar refractivity (Wildman–Crippen MR) is 45.0 cm³/mol. The van der Waals surface area contributed by atoms with Crippen molar-refractivity contribution in [2.24, 2.45) is 0 Å². The summed E-state index contributed by atoms with van der Waals surface area (Å²) >= 11 is 0. The van der Waals surface area contributed by atoms with Crippen LogP contribution in [-0.4, -0.2) is 43.3 Å². The van der Waals surface area contributed by atoms with Gasteiger partial charge in [-0.05, 0) is 6.92 Å². The maximum absolute atomic E-state index is 11.1. The molecule has 5 heteroatoms. The molecule has 0 saturated carbocycles. The molecule has 0 aromatic rings. The van der Waals surface area contributed by atoms with Gasteiger partial charge in [0.2, 0.25) is 5.91 Å². The molecule has 0 bridgehead atoms. The van der Waals surface area contributed by atoms with Gasteiger partial charge < -0.3 is 9.64 Å². The summed E-state index contributed by atoms with van der Waals surface area (Å²) in [5.74, 6) is -1.10. The van der Waals surface area contributed by atoms with Crippen LogP contribution in [0.1, 0.15) is 13.3 Å². The number of amides is 1. The summed E-state index contributed by atoms with van der Waals surface area (Å²) in [6, 6.07) is 0. The number of carbonyl (C=O) groups is 3. The largest absolute Gasteiger partial charge is 0.468 e. The lowest BCUT2D eigenvalue weighted by Crippen LogP contribution is -2.33. The summed E-state index contributed by atoms with van der Waals surface area (Å²) in [7, 11) is 2.69. The topological polar surface area (TPSA) is 63.7 Å². The number of ketones is 1. The highest BCUT2D eigenvalue weighted by atomic mass is 16.5. The molecule has 0 fully saturated rings. The monoisotopic (exact) mass is 187 g/mol. The zero-order valence-electron chi connectivity index (χ0n) is 7.99. The molecule has 0 aliphatic heterocycles. The van der Waals surface area contributed by atoms with Gasteiger partial charge in [0.15, 0.2) is 0 Å². The second-order valence-corrected chi connectivity index (χ2v) is 2.70. The van der Waals surface area contributed by atoms with Crippen molar-refractivity contribution in [1.82, 2.24) is 4.90 Å². The van der Waals surface area contributed by atoms with Crippen LogP contribution in [0.4, 0.5) is 0 Å². The van der Waals surface area contributed by atoms with Crippen LogP contribution >= 0.6 is 0 Å². The van der Waals surface area contributed by atoms with Gasteiger partial charge in [-0.3, -0.25) is 14.4 Å². The highest BCUT2D eigenvalue weighted by molar-refractivity contribution is 5.97. The fraction of sp³-hybridized carbons (Fsp3) is 0.625. The molecule has 0 aliphatic carbocycles. The van der Waals surface area contributed by atoms with Crippen LogP contribution in [0.25, 0.3) is 0 Å². The quantitative estimate of drug-likeness (QED) is 0.443. The van der Waals surface area contributed by atoms with Crippen LogP contribution < -0.4 is 0 Å². The number of carbonyl (C=O) groups excluding carboxylic acids is 3. The number of esters is 1. The first-order valence-electron chi connectivity index (χ1n) is 3.77. The third-order valence-electron chi connectivity index (χ3n) is 1.42. The number of hydrogen-bond donors (Lipinski definition) is 0. The first-order valence-corrected chi connectivity index (χ1v) is 3.77. The number of ether oxygens (including phenoxy) is 1. The molecule has 0 aromatic heterocycles. The molecule has 0 unspecified atom stereocenters. The Morgan fingerprint density at radius 2 is 1.85 bits per heavy atom. The van der Waals surface area contributed by atoms with E-state index in [4.69, 9.17) is 0 Å². The molecule has 0 heterocycles. The van der Waals surface area contributed by atoms with E-state index in [-0.39, 0.29) is 24.7 Å². The minimum Gasteiger partial charge on any atom is -0.468 e. The van der Waals surface area contributed by atoms with Crippen molar-refractivity contribution in [3.05, 3.63) is 0 Å². The molecule has 0 N–H and O–H groups in total. The summed E-state index contributed by atoms with van der Waals surface area (Å²) in [4.78, 5) is 33.5. The Bertz CT molecular complexity index is 224. The number of methoxy groups -OCH3 is 1. The molecule has 5 nitrogen and oxygen atoms in total. The SMILES string of the molecule is COC(=O)CN(C)C(=O)CC(C)=O. The van der Waals surface area contributed by atoms with Crippen LogP contribution in [0, 0.1) is 0 Å². The van der Waals surface area contributed by atoms with Gasteiger partial charge in [-0.25, -0.2) is 0 Å². The number of likely N-dealkylation sites (N-methyl/N-ethyl adjacent to an activating group) is 1. The third-order valence-corrected chi connectivity index (χ3v) is 1.42. The van der Waals surface area contributed by atoms with Crippen LogP contribution in [0.2, 0.25) is 0 Å². The van der Waals surface area contributed by atoms with Gasteiger partial charge >= 0.3 is 5.97 Å². The Balaban J connectivity index is 3.96. The lowest BCUT2D eigenvalue weighted by Gasteiger charge is -2.14. The molecule has 0 rings (SSSR count). The van der Waals surface area contributed by atoms with E-state index in [9.17, 15) is 14.4 Å². The van der Waals surface area contributed by atoms with E-state index in [0.29, 0.717) is 0 Å². The van der Waals surface area contributed by atoms with Gasteiger partial charge in [0.1, 0.15) is 12.3 Å². The molecule has 74 valence electrons. The van der Waals surface area contributed by atoms with Gasteiger partial charge in [0, 0.05) is 7.05 Å². The van der Waals surface area contributed by atoms with Crippen molar-refractivity contribution in [1.29, 1.82) is 0 Å². The average molecular weight is 187 g/mol. The smallest absolute Gasteiger partial charge is 0.325 e.